The van der Waals surface area contributed by atoms with E-state index >= 15 is 0 Å². The van der Waals surface area contributed by atoms with Crippen molar-refractivity contribution >= 4 is 0 Å². The summed E-state index contributed by atoms with van der Waals surface area (Å²) in [6.07, 6.45) is 5.37. The molecule has 0 nitrogen and oxygen atoms in total. The van der Waals surface area contributed by atoms with E-state index in [1.807, 2.05) is 6.08 Å². The summed E-state index contributed by atoms with van der Waals surface area (Å²) in [6, 6.07) is 0. The second kappa shape index (κ2) is 3.25. The lowest BCUT2D eigenvalue weighted by Crippen LogP contribution is -2.05. The molecule has 0 N–H and O–H groups in total. The van der Waals surface area contributed by atoms with Crippen LogP contribution in [0.3, 0.4) is 0 Å². The normalized spacial score (nSPS) is 41.4. The number of hydrogen-bond acceptors (Lipinski definition) is 0. The van der Waals surface area contributed by atoms with Crippen molar-refractivity contribution in [2.75, 3.05) is 0 Å². The molecule has 1 saturated carbocycles. The van der Waals surface area contributed by atoms with E-state index in [0.717, 1.165) is 17.8 Å². The molecule has 0 saturated heterocycles. The van der Waals surface area contributed by atoms with Crippen LogP contribution in [0.2, 0.25) is 0 Å². The fourth-order valence-electron chi connectivity index (χ4n) is 1.95. The summed E-state index contributed by atoms with van der Waals surface area (Å²) in [5.41, 5.74) is 1.58. The fraction of sp³-hybridized carbons (Fsp3) is 0.636. The third-order valence-electron chi connectivity index (χ3n) is 3.16. The van der Waals surface area contributed by atoms with Gasteiger partial charge < -0.3 is 0 Å². The van der Waals surface area contributed by atoms with Crippen molar-refractivity contribution in [3.8, 4) is 0 Å². The van der Waals surface area contributed by atoms with Gasteiger partial charge in [0.2, 0.25) is 0 Å². The maximum absolute atomic E-state index is 3.73. The molecule has 0 aliphatic heterocycles. The van der Waals surface area contributed by atoms with E-state index in [-0.39, 0.29) is 0 Å². The smallest absolute Gasteiger partial charge is 0.0200 e. The minimum atomic E-state index is 0.767. The van der Waals surface area contributed by atoms with E-state index in [2.05, 4.69) is 33.4 Å². The van der Waals surface area contributed by atoms with Crippen LogP contribution in [0.15, 0.2) is 24.3 Å². The van der Waals surface area contributed by atoms with E-state index in [4.69, 9.17) is 0 Å². The third-order valence-corrected chi connectivity index (χ3v) is 3.16. The minimum absolute atomic E-state index is 0.767. The lowest BCUT2D eigenvalue weighted by Gasteiger charge is -2.12. The fourth-order valence-corrected chi connectivity index (χ4v) is 1.95. The maximum Gasteiger partial charge on any atom is -0.0200 e. The zero-order chi connectivity index (χ0) is 8.43. The van der Waals surface area contributed by atoms with Gasteiger partial charge >= 0.3 is 0 Å². The van der Waals surface area contributed by atoms with Crippen molar-refractivity contribution in [2.24, 2.45) is 17.8 Å². The lowest BCUT2D eigenvalue weighted by atomic mass is 9.93. The highest BCUT2D eigenvalue weighted by Crippen LogP contribution is 2.40. The van der Waals surface area contributed by atoms with E-state index in [1.54, 1.807) is 5.57 Å². The van der Waals surface area contributed by atoms with Gasteiger partial charge in [-0.3, -0.25) is 0 Å². The molecule has 3 atom stereocenters. The predicted octanol–water partition coefficient (Wildman–Crippen LogP) is 3.41. The summed E-state index contributed by atoms with van der Waals surface area (Å²) in [5, 5.41) is 0. The quantitative estimate of drug-likeness (QED) is 0.537. The highest BCUT2D eigenvalue weighted by Gasteiger charge is 2.29. The van der Waals surface area contributed by atoms with Crippen LogP contribution in [-0.2, 0) is 0 Å². The Morgan fingerprint density at radius 2 is 2.00 bits per heavy atom. The van der Waals surface area contributed by atoms with Crippen LogP contribution in [0, 0.1) is 17.8 Å². The average molecular weight is 150 g/mol. The maximum atomic E-state index is 3.73. The average Bonchev–Trinajstić information content (AvgIpc) is 2.19. The van der Waals surface area contributed by atoms with Crippen LogP contribution in [0.1, 0.15) is 27.2 Å². The molecule has 1 rings (SSSR count). The summed E-state index contributed by atoms with van der Waals surface area (Å²) in [4.78, 5) is 0. The zero-order valence-corrected chi connectivity index (χ0v) is 7.80. The Kier molecular flexibility index (Phi) is 2.53. The van der Waals surface area contributed by atoms with Gasteiger partial charge in [-0.2, -0.15) is 0 Å². The highest BCUT2D eigenvalue weighted by atomic mass is 14.3. The number of hydrogen-bond donors (Lipinski definition) is 0. The summed E-state index contributed by atoms with van der Waals surface area (Å²) in [6.45, 7) is 10.7. The van der Waals surface area contributed by atoms with Crippen LogP contribution >= 0.6 is 0 Å². The molecule has 0 aromatic rings. The molecule has 0 heteroatoms. The topological polar surface area (TPSA) is 0 Å². The van der Waals surface area contributed by atoms with Crippen molar-refractivity contribution < 1.29 is 0 Å². The third kappa shape index (κ3) is 1.55. The largest absolute Gasteiger partial charge is 0.0991 e. The first-order valence-electron chi connectivity index (χ1n) is 4.48. The first kappa shape index (κ1) is 8.58. The summed E-state index contributed by atoms with van der Waals surface area (Å²) in [5.74, 6) is 2.47. The van der Waals surface area contributed by atoms with Gasteiger partial charge in [0.25, 0.3) is 0 Å². The predicted molar refractivity (Wildman–Crippen MR) is 50.4 cm³/mol. The molecule has 0 aromatic carbocycles. The summed E-state index contributed by atoms with van der Waals surface area (Å²) >= 11 is 0. The Hall–Kier alpha value is -0.520. The Morgan fingerprint density at radius 1 is 1.36 bits per heavy atom. The van der Waals surface area contributed by atoms with E-state index in [0.29, 0.717) is 0 Å². The Morgan fingerprint density at radius 3 is 2.36 bits per heavy atom. The van der Waals surface area contributed by atoms with Crippen molar-refractivity contribution in [1.29, 1.82) is 0 Å². The van der Waals surface area contributed by atoms with Crippen molar-refractivity contribution in [1.82, 2.24) is 0 Å². The highest BCUT2D eigenvalue weighted by molar-refractivity contribution is 5.18. The molecule has 0 bridgehead atoms. The van der Waals surface area contributed by atoms with Gasteiger partial charge in [0.1, 0.15) is 0 Å². The van der Waals surface area contributed by atoms with Crippen LogP contribution < -0.4 is 0 Å². The Bertz CT molecular complexity index is 176. The first-order chi connectivity index (χ1) is 5.16. The summed E-state index contributed by atoms with van der Waals surface area (Å²) in [7, 11) is 0. The molecule has 1 aliphatic rings. The van der Waals surface area contributed by atoms with Crippen LogP contribution in [-0.4, -0.2) is 0 Å². The molecule has 1 aliphatic carbocycles. The van der Waals surface area contributed by atoms with E-state index in [1.165, 1.54) is 6.42 Å². The van der Waals surface area contributed by atoms with Crippen molar-refractivity contribution in [2.45, 2.75) is 27.2 Å². The molecular formula is C11H18. The number of allylic oxidation sites excluding steroid dienone is 3. The Balaban J connectivity index is 2.74. The second-order valence-electron chi connectivity index (χ2n) is 3.81. The molecule has 0 spiro atoms. The molecule has 0 aromatic heterocycles. The van der Waals surface area contributed by atoms with Crippen molar-refractivity contribution in [3.63, 3.8) is 0 Å². The van der Waals surface area contributed by atoms with Crippen molar-refractivity contribution in [3.05, 3.63) is 24.3 Å². The zero-order valence-electron chi connectivity index (χ0n) is 7.80. The molecule has 0 radical (unpaired) electrons. The SMILES string of the molecule is C=C/C=C1\CC(C)C(C)C1C. The van der Waals surface area contributed by atoms with Gasteiger partial charge in [0, 0.05) is 0 Å². The van der Waals surface area contributed by atoms with Gasteiger partial charge in [-0.1, -0.05) is 45.1 Å². The van der Waals surface area contributed by atoms with Gasteiger partial charge in [-0.05, 0) is 24.2 Å². The molecule has 1 fully saturated rings. The molecular weight excluding hydrogens is 132 g/mol. The lowest BCUT2D eigenvalue weighted by molar-refractivity contribution is 0.389. The van der Waals surface area contributed by atoms with Gasteiger partial charge in [0.05, 0.1) is 0 Å². The summed E-state index contributed by atoms with van der Waals surface area (Å²) < 4.78 is 0. The first-order valence-corrected chi connectivity index (χ1v) is 4.48. The molecule has 62 valence electrons. The molecule has 0 heterocycles. The van der Waals surface area contributed by atoms with Crippen LogP contribution in [0.5, 0.6) is 0 Å². The molecule has 0 amide bonds. The van der Waals surface area contributed by atoms with Crippen LogP contribution in [0.25, 0.3) is 0 Å². The number of rotatable bonds is 1. The molecule has 3 unspecified atom stereocenters. The standard InChI is InChI=1S/C11H18/c1-5-6-11-7-8(2)9(3)10(11)4/h5-6,8-10H,1,7H2,2-4H3/b11-6+. The van der Waals surface area contributed by atoms with Gasteiger partial charge in [0.15, 0.2) is 0 Å². The Labute approximate surface area is 70.0 Å². The minimum Gasteiger partial charge on any atom is -0.0991 e. The van der Waals surface area contributed by atoms with E-state index < -0.39 is 0 Å². The second-order valence-corrected chi connectivity index (χ2v) is 3.81. The monoisotopic (exact) mass is 150 g/mol. The van der Waals surface area contributed by atoms with Crippen LogP contribution in [0.4, 0.5) is 0 Å². The van der Waals surface area contributed by atoms with E-state index in [9.17, 15) is 0 Å². The molecule has 11 heavy (non-hydrogen) atoms. The van der Waals surface area contributed by atoms with Gasteiger partial charge in [-0.25, -0.2) is 0 Å². The van der Waals surface area contributed by atoms with Gasteiger partial charge in [-0.15, -0.1) is 0 Å².